The van der Waals surface area contributed by atoms with Crippen LogP contribution in [0.25, 0.3) is 10.8 Å². The minimum absolute atomic E-state index is 0.0154. The number of carbonyl (C=O) groups excluding carboxylic acids is 1. The second-order valence-electron chi connectivity index (χ2n) is 9.40. The number of β-amino-alcohol motifs (C(OH)–C–C–N with tert-alkyl or cyclic N) is 1. The molecule has 0 saturated carbocycles. The van der Waals surface area contributed by atoms with Crippen molar-refractivity contribution in [2.75, 3.05) is 45.2 Å². The first-order valence-electron chi connectivity index (χ1n) is 12.2. The van der Waals surface area contributed by atoms with Gasteiger partial charge in [0.05, 0.1) is 17.8 Å². The number of amides is 1. The van der Waals surface area contributed by atoms with Crippen molar-refractivity contribution < 1.29 is 14.6 Å². The molecule has 2 heterocycles. The highest BCUT2D eigenvalue weighted by Crippen LogP contribution is 2.33. The second kappa shape index (κ2) is 10.0. The quantitative estimate of drug-likeness (QED) is 0.562. The fraction of sp³-hybridized carbons (Fsp3) is 0.393. The van der Waals surface area contributed by atoms with Crippen LogP contribution in [0.15, 0.2) is 60.7 Å². The number of likely N-dealkylation sites (N-methyl/N-ethyl adjacent to an activating group) is 1. The van der Waals surface area contributed by atoms with Crippen LogP contribution in [0.5, 0.6) is 5.75 Å². The van der Waals surface area contributed by atoms with Gasteiger partial charge in [0.2, 0.25) is 0 Å². The van der Waals surface area contributed by atoms with Gasteiger partial charge in [0.15, 0.2) is 6.61 Å². The third-order valence-electron chi connectivity index (χ3n) is 7.11. The van der Waals surface area contributed by atoms with Gasteiger partial charge in [-0.25, -0.2) is 0 Å². The molecule has 6 heteroatoms. The number of likely N-dealkylation sites (tertiary alicyclic amines) is 1. The normalized spacial score (nSPS) is 18.8. The fourth-order valence-corrected chi connectivity index (χ4v) is 5.21. The summed E-state index contributed by atoms with van der Waals surface area (Å²) in [7, 11) is 1.86. The molecule has 1 fully saturated rings. The first-order chi connectivity index (χ1) is 16.6. The SMILES string of the molecule is CN(C(=O)COc1cccc2c1NCCC2)[C@H](CN1CC[C@H](O)C1)c1cccc2ccccc12. The number of anilines is 1. The average Bonchev–Trinajstić information content (AvgIpc) is 3.29. The molecule has 0 unspecified atom stereocenters. The van der Waals surface area contributed by atoms with E-state index < -0.39 is 0 Å². The third-order valence-corrected chi connectivity index (χ3v) is 7.11. The molecular formula is C28H33N3O3. The summed E-state index contributed by atoms with van der Waals surface area (Å²) < 4.78 is 6.04. The highest BCUT2D eigenvalue weighted by Gasteiger charge is 2.29. The van der Waals surface area contributed by atoms with Crippen LogP contribution in [0.4, 0.5) is 5.69 Å². The third kappa shape index (κ3) is 4.74. The van der Waals surface area contributed by atoms with E-state index in [1.54, 1.807) is 0 Å². The molecule has 2 aliphatic heterocycles. The minimum Gasteiger partial charge on any atom is -0.482 e. The number of aliphatic hydroxyl groups excluding tert-OH is 1. The van der Waals surface area contributed by atoms with Gasteiger partial charge in [0.1, 0.15) is 5.75 Å². The number of rotatable bonds is 7. The summed E-state index contributed by atoms with van der Waals surface area (Å²) in [6, 6.07) is 20.5. The molecule has 2 aliphatic rings. The number of carbonyl (C=O) groups is 1. The van der Waals surface area contributed by atoms with Gasteiger partial charge in [0.25, 0.3) is 5.91 Å². The lowest BCUT2D eigenvalue weighted by Gasteiger charge is -2.33. The zero-order valence-corrected chi connectivity index (χ0v) is 19.7. The number of fused-ring (bicyclic) bond motifs is 2. The topological polar surface area (TPSA) is 65.0 Å². The van der Waals surface area contributed by atoms with Crippen molar-refractivity contribution in [1.82, 2.24) is 9.80 Å². The zero-order valence-electron chi connectivity index (χ0n) is 19.7. The maximum atomic E-state index is 13.4. The lowest BCUT2D eigenvalue weighted by atomic mass is 9.97. The molecule has 6 nitrogen and oxygen atoms in total. The van der Waals surface area contributed by atoms with Crippen LogP contribution in [0.3, 0.4) is 0 Å². The van der Waals surface area contributed by atoms with Crippen LogP contribution >= 0.6 is 0 Å². The van der Waals surface area contributed by atoms with Gasteiger partial charge in [-0.3, -0.25) is 9.69 Å². The number of aryl methyl sites for hydroxylation is 1. The molecule has 2 N–H and O–H groups in total. The van der Waals surface area contributed by atoms with E-state index in [1.165, 1.54) is 5.56 Å². The molecule has 1 saturated heterocycles. The first-order valence-corrected chi connectivity index (χ1v) is 12.2. The molecule has 0 spiro atoms. The molecule has 3 aromatic rings. The number of para-hydroxylation sites is 1. The van der Waals surface area contributed by atoms with Crippen molar-refractivity contribution >= 4 is 22.4 Å². The van der Waals surface area contributed by atoms with E-state index in [9.17, 15) is 9.90 Å². The Morgan fingerprint density at radius 2 is 2.00 bits per heavy atom. The lowest BCUT2D eigenvalue weighted by molar-refractivity contribution is -0.134. The maximum absolute atomic E-state index is 13.4. The molecule has 0 aliphatic carbocycles. The van der Waals surface area contributed by atoms with Gasteiger partial charge in [-0.2, -0.15) is 0 Å². The number of hydrogen-bond acceptors (Lipinski definition) is 5. The number of aliphatic hydroxyl groups is 1. The predicted molar refractivity (Wildman–Crippen MR) is 135 cm³/mol. The summed E-state index contributed by atoms with van der Waals surface area (Å²) in [6.45, 7) is 3.06. The summed E-state index contributed by atoms with van der Waals surface area (Å²) in [6.07, 6.45) is 2.61. The summed E-state index contributed by atoms with van der Waals surface area (Å²) in [5.41, 5.74) is 3.38. The molecule has 178 valence electrons. The van der Waals surface area contributed by atoms with Crippen molar-refractivity contribution in [2.45, 2.75) is 31.4 Å². The minimum atomic E-state index is -0.297. The Morgan fingerprint density at radius 1 is 1.18 bits per heavy atom. The summed E-state index contributed by atoms with van der Waals surface area (Å²) in [4.78, 5) is 17.5. The highest BCUT2D eigenvalue weighted by atomic mass is 16.5. The molecule has 34 heavy (non-hydrogen) atoms. The van der Waals surface area contributed by atoms with E-state index in [2.05, 4.69) is 46.6 Å². The number of benzene rings is 3. The van der Waals surface area contributed by atoms with Gasteiger partial charge in [-0.05, 0) is 47.2 Å². The monoisotopic (exact) mass is 459 g/mol. The van der Waals surface area contributed by atoms with Crippen LogP contribution in [-0.2, 0) is 11.2 Å². The Kier molecular flexibility index (Phi) is 6.70. The van der Waals surface area contributed by atoms with Crippen LogP contribution in [-0.4, -0.2) is 66.8 Å². The predicted octanol–water partition coefficient (Wildman–Crippen LogP) is 3.84. The number of nitrogens with zero attached hydrogens (tertiary/aromatic N) is 2. The standard InChI is InChI=1S/C28H33N3O3/c1-30(27(33)19-34-26-13-5-9-21-10-6-15-29-28(21)26)25(18-31-16-14-22(32)17-31)24-12-4-8-20-7-2-3-11-23(20)24/h2-5,7-9,11-13,22,25,29,32H,6,10,14-19H2,1H3/t22-,25+/m0/s1. The van der Waals surface area contributed by atoms with E-state index in [0.717, 1.165) is 60.1 Å². The van der Waals surface area contributed by atoms with Crippen LogP contribution < -0.4 is 10.1 Å². The number of nitrogens with one attached hydrogen (secondary N) is 1. The smallest absolute Gasteiger partial charge is 0.260 e. The second-order valence-corrected chi connectivity index (χ2v) is 9.40. The maximum Gasteiger partial charge on any atom is 0.260 e. The number of hydrogen-bond donors (Lipinski definition) is 2. The molecule has 0 radical (unpaired) electrons. The number of ether oxygens (including phenoxy) is 1. The molecule has 2 atom stereocenters. The van der Waals surface area contributed by atoms with E-state index in [4.69, 9.17) is 4.74 Å². The Hall–Kier alpha value is -3.09. The zero-order chi connectivity index (χ0) is 23.5. The van der Waals surface area contributed by atoms with Gasteiger partial charge in [0, 0.05) is 33.2 Å². The molecule has 3 aromatic carbocycles. The lowest BCUT2D eigenvalue weighted by Crippen LogP contribution is -2.41. The van der Waals surface area contributed by atoms with Crippen LogP contribution in [0.2, 0.25) is 0 Å². The first kappa shape index (κ1) is 22.7. The van der Waals surface area contributed by atoms with Crippen molar-refractivity contribution in [3.05, 3.63) is 71.8 Å². The Bertz CT molecular complexity index is 1160. The van der Waals surface area contributed by atoms with Crippen LogP contribution in [0.1, 0.15) is 30.0 Å². The van der Waals surface area contributed by atoms with Crippen molar-refractivity contribution in [3.63, 3.8) is 0 Å². The van der Waals surface area contributed by atoms with Crippen molar-refractivity contribution in [1.29, 1.82) is 0 Å². The van der Waals surface area contributed by atoms with E-state index >= 15 is 0 Å². The van der Waals surface area contributed by atoms with E-state index in [1.807, 2.05) is 36.2 Å². The molecule has 0 bridgehead atoms. The van der Waals surface area contributed by atoms with Crippen molar-refractivity contribution in [2.24, 2.45) is 0 Å². The fourth-order valence-electron chi connectivity index (χ4n) is 5.21. The van der Waals surface area contributed by atoms with Gasteiger partial charge < -0.3 is 20.1 Å². The Morgan fingerprint density at radius 3 is 2.85 bits per heavy atom. The van der Waals surface area contributed by atoms with Gasteiger partial charge >= 0.3 is 0 Å². The Labute approximate surface area is 201 Å². The molecule has 5 rings (SSSR count). The van der Waals surface area contributed by atoms with Crippen LogP contribution in [0, 0.1) is 0 Å². The summed E-state index contributed by atoms with van der Waals surface area (Å²) in [5, 5.41) is 15.8. The molecular weight excluding hydrogens is 426 g/mol. The largest absolute Gasteiger partial charge is 0.482 e. The highest BCUT2D eigenvalue weighted by molar-refractivity contribution is 5.87. The summed E-state index contributed by atoms with van der Waals surface area (Å²) >= 11 is 0. The van der Waals surface area contributed by atoms with Crippen molar-refractivity contribution in [3.8, 4) is 5.75 Å². The average molecular weight is 460 g/mol. The molecule has 0 aromatic heterocycles. The Balaban J connectivity index is 1.38. The summed E-state index contributed by atoms with van der Waals surface area (Å²) in [5.74, 6) is 0.675. The molecule has 1 amide bonds. The van der Waals surface area contributed by atoms with Gasteiger partial charge in [-0.15, -0.1) is 0 Å². The van der Waals surface area contributed by atoms with E-state index in [-0.39, 0.29) is 24.7 Å². The van der Waals surface area contributed by atoms with E-state index in [0.29, 0.717) is 13.1 Å². The van der Waals surface area contributed by atoms with Gasteiger partial charge in [-0.1, -0.05) is 54.6 Å².